The summed E-state index contributed by atoms with van der Waals surface area (Å²) in [6.45, 7) is 13.3. The van der Waals surface area contributed by atoms with Crippen molar-refractivity contribution in [2.75, 3.05) is 60.4 Å². The fourth-order valence-corrected chi connectivity index (χ4v) is 10.5. The standard InChI is InChI=1S/C65H70N6O4/c1-6-74-38-33-68-44-57(48-16-10-8-11-17-48)42-62(68)54-20-14-21-55(40-54)63-43-58(45-69(63)34-39-75-7-2)51-26-24-49(25-27-51)50-28-30-53(31-29-50)60-46-70(32-36-72-4)64(66-60)56-22-15-23-59(41-56)65(3)67-61(47-71(65)35-37-73-5)52-18-12-9-13-19-52/h8-13,15-20,22-31,40-47,67H,6-7,14,21,32-39H2,1-5H3. The number of ether oxygens (including phenoxy) is 4. The number of methoxy groups -OCH3 is 2. The molecule has 0 bridgehead atoms. The van der Waals surface area contributed by atoms with Crippen LogP contribution in [0.15, 0.2) is 183 Å². The predicted molar refractivity (Wildman–Crippen MR) is 305 cm³/mol. The zero-order valence-electron chi connectivity index (χ0n) is 44.2. The number of nitrogens with zero attached hydrogens (tertiary/aromatic N) is 5. The van der Waals surface area contributed by atoms with Crippen molar-refractivity contribution in [1.29, 1.82) is 0 Å². The molecule has 10 rings (SSSR count). The van der Waals surface area contributed by atoms with Crippen LogP contribution in [0.3, 0.4) is 0 Å². The summed E-state index contributed by atoms with van der Waals surface area (Å²) in [6, 6.07) is 52.3. The van der Waals surface area contributed by atoms with E-state index in [9.17, 15) is 0 Å². The summed E-state index contributed by atoms with van der Waals surface area (Å²) in [4.78, 5) is 7.64. The molecule has 2 aliphatic rings. The molecule has 0 spiro atoms. The van der Waals surface area contributed by atoms with Crippen molar-refractivity contribution >= 4 is 16.8 Å². The Labute approximate surface area is 443 Å². The Bertz CT molecular complexity index is 3250. The van der Waals surface area contributed by atoms with Crippen LogP contribution >= 0.6 is 0 Å². The number of benzene rings is 5. The Morgan fingerprint density at radius 1 is 0.533 bits per heavy atom. The van der Waals surface area contributed by atoms with E-state index < -0.39 is 5.66 Å². The van der Waals surface area contributed by atoms with Crippen molar-refractivity contribution in [3.05, 3.63) is 205 Å². The molecule has 1 aliphatic carbocycles. The van der Waals surface area contributed by atoms with Crippen molar-refractivity contribution < 1.29 is 18.9 Å². The molecular formula is C65H70N6O4. The summed E-state index contributed by atoms with van der Waals surface area (Å²) in [6.07, 6.45) is 15.7. The molecule has 0 saturated carbocycles. The Kier molecular flexibility index (Phi) is 16.2. The molecule has 0 fully saturated rings. The van der Waals surface area contributed by atoms with Gasteiger partial charge in [-0.05, 0) is 114 Å². The number of rotatable bonds is 23. The first kappa shape index (κ1) is 51.0. The normalized spacial score (nSPS) is 15.5. The molecule has 75 heavy (non-hydrogen) atoms. The summed E-state index contributed by atoms with van der Waals surface area (Å²) in [5.41, 5.74) is 18.1. The zero-order chi connectivity index (χ0) is 51.6. The van der Waals surface area contributed by atoms with Gasteiger partial charge < -0.3 is 42.9 Å². The summed E-state index contributed by atoms with van der Waals surface area (Å²) >= 11 is 0. The van der Waals surface area contributed by atoms with Gasteiger partial charge in [-0.1, -0.05) is 133 Å². The minimum absolute atomic E-state index is 0.500. The largest absolute Gasteiger partial charge is 0.383 e. The van der Waals surface area contributed by atoms with Crippen molar-refractivity contribution in [2.24, 2.45) is 0 Å². The van der Waals surface area contributed by atoms with Crippen LogP contribution in [0, 0.1) is 0 Å². The number of aromatic nitrogens is 4. The zero-order valence-corrected chi connectivity index (χ0v) is 44.2. The third-order valence-corrected chi connectivity index (χ3v) is 14.6. The molecule has 4 heterocycles. The summed E-state index contributed by atoms with van der Waals surface area (Å²) in [7, 11) is 3.50. The molecule has 3 aromatic heterocycles. The topological polar surface area (TPSA) is 79.9 Å². The van der Waals surface area contributed by atoms with Crippen LogP contribution in [0.25, 0.3) is 72.9 Å². The first-order chi connectivity index (χ1) is 36.8. The lowest BCUT2D eigenvalue weighted by molar-refractivity contribution is 0.108. The highest BCUT2D eigenvalue weighted by molar-refractivity contribution is 5.87. The summed E-state index contributed by atoms with van der Waals surface area (Å²) < 4.78 is 29.8. The second-order valence-corrected chi connectivity index (χ2v) is 19.4. The molecule has 8 aromatic rings. The smallest absolute Gasteiger partial charge is 0.140 e. The van der Waals surface area contributed by atoms with Gasteiger partial charge in [0.15, 0.2) is 0 Å². The molecular weight excluding hydrogens is 929 g/mol. The van der Waals surface area contributed by atoms with Crippen molar-refractivity contribution in [3.63, 3.8) is 0 Å². The number of imidazole rings is 1. The maximum absolute atomic E-state index is 5.90. The molecule has 1 N–H and O–H groups in total. The van der Waals surface area contributed by atoms with Crippen molar-refractivity contribution in [1.82, 2.24) is 28.9 Å². The predicted octanol–water partition coefficient (Wildman–Crippen LogP) is 13.5. The van der Waals surface area contributed by atoms with Gasteiger partial charge >= 0.3 is 0 Å². The number of nitrogens with one attached hydrogen (secondary N) is 1. The fourth-order valence-electron chi connectivity index (χ4n) is 10.5. The second-order valence-electron chi connectivity index (χ2n) is 19.4. The number of hydrogen-bond donors (Lipinski definition) is 1. The molecule has 0 saturated heterocycles. The maximum atomic E-state index is 5.90. The van der Waals surface area contributed by atoms with Crippen LogP contribution in [0.1, 0.15) is 56.1 Å². The first-order valence-corrected chi connectivity index (χ1v) is 26.6. The lowest BCUT2D eigenvalue weighted by Crippen LogP contribution is -2.47. The summed E-state index contributed by atoms with van der Waals surface area (Å²) in [5.74, 6) is 0.900. The lowest BCUT2D eigenvalue weighted by Gasteiger charge is -2.37. The van der Waals surface area contributed by atoms with Gasteiger partial charge in [-0.25, -0.2) is 4.98 Å². The fraction of sp³-hybridized carbons (Fsp3) is 0.277. The van der Waals surface area contributed by atoms with Gasteiger partial charge in [-0.3, -0.25) is 0 Å². The molecule has 384 valence electrons. The number of hydrogen-bond acceptors (Lipinski definition) is 7. The van der Waals surface area contributed by atoms with E-state index in [1.54, 1.807) is 14.2 Å². The molecule has 10 nitrogen and oxygen atoms in total. The minimum Gasteiger partial charge on any atom is -0.383 e. The van der Waals surface area contributed by atoms with E-state index in [4.69, 9.17) is 23.9 Å². The van der Waals surface area contributed by atoms with Crippen molar-refractivity contribution in [3.8, 4) is 56.0 Å². The first-order valence-electron chi connectivity index (χ1n) is 26.6. The van der Waals surface area contributed by atoms with E-state index in [0.29, 0.717) is 46.2 Å². The van der Waals surface area contributed by atoms with Gasteiger partial charge in [-0.2, -0.15) is 0 Å². The Balaban J connectivity index is 0.886. The third kappa shape index (κ3) is 11.5. The van der Waals surface area contributed by atoms with E-state index in [0.717, 1.165) is 83.1 Å². The van der Waals surface area contributed by atoms with Crippen molar-refractivity contribution in [2.45, 2.75) is 58.9 Å². The van der Waals surface area contributed by atoms with Crippen LogP contribution in [-0.2, 0) is 44.2 Å². The van der Waals surface area contributed by atoms with Crippen LogP contribution in [0.4, 0.5) is 0 Å². The average Bonchev–Trinajstić information content (AvgIpc) is 4.28. The quantitative estimate of drug-likeness (QED) is 0.0640. The van der Waals surface area contributed by atoms with E-state index in [1.807, 2.05) is 6.07 Å². The van der Waals surface area contributed by atoms with E-state index >= 15 is 0 Å². The van der Waals surface area contributed by atoms with E-state index in [2.05, 4.69) is 221 Å². The molecule has 1 aliphatic heterocycles. The van der Waals surface area contributed by atoms with Crippen LogP contribution in [0.2, 0.25) is 0 Å². The molecule has 1 atom stereocenters. The lowest BCUT2D eigenvalue weighted by atomic mass is 9.94. The molecule has 0 radical (unpaired) electrons. The van der Waals surface area contributed by atoms with Crippen LogP contribution in [0.5, 0.6) is 0 Å². The Hall–Kier alpha value is -7.47. The highest BCUT2D eigenvalue weighted by atomic mass is 16.5. The molecule has 0 amide bonds. The van der Waals surface area contributed by atoms with Crippen LogP contribution < -0.4 is 5.32 Å². The summed E-state index contributed by atoms with van der Waals surface area (Å²) in [5, 5.41) is 3.86. The highest BCUT2D eigenvalue weighted by Crippen LogP contribution is 2.39. The second kappa shape index (κ2) is 23.8. The molecule has 10 heteroatoms. The molecule has 5 aromatic carbocycles. The average molecular weight is 999 g/mol. The monoisotopic (exact) mass is 999 g/mol. The minimum atomic E-state index is -0.500. The van der Waals surface area contributed by atoms with Gasteiger partial charge in [0.2, 0.25) is 0 Å². The number of allylic oxidation sites excluding steroid dienone is 4. The van der Waals surface area contributed by atoms with Gasteiger partial charge in [0.05, 0.1) is 37.8 Å². The third-order valence-electron chi connectivity index (χ3n) is 14.6. The van der Waals surface area contributed by atoms with Gasteiger partial charge in [0, 0.05) is 101 Å². The Morgan fingerprint density at radius 3 is 1.72 bits per heavy atom. The van der Waals surface area contributed by atoms with E-state index in [1.165, 1.54) is 44.8 Å². The van der Waals surface area contributed by atoms with Gasteiger partial charge in [0.25, 0.3) is 0 Å². The molecule has 1 unspecified atom stereocenters. The van der Waals surface area contributed by atoms with Gasteiger partial charge in [-0.15, -0.1) is 0 Å². The van der Waals surface area contributed by atoms with Crippen LogP contribution in [-0.4, -0.2) is 84.0 Å². The van der Waals surface area contributed by atoms with E-state index in [-0.39, 0.29) is 0 Å². The van der Waals surface area contributed by atoms with Gasteiger partial charge in [0.1, 0.15) is 11.5 Å². The maximum Gasteiger partial charge on any atom is 0.140 e. The highest BCUT2D eigenvalue weighted by Gasteiger charge is 2.38. The Morgan fingerprint density at radius 2 is 1.08 bits per heavy atom. The SMILES string of the molecule is CCOCCn1cc(-c2ccccc2)cc1C1=CCCC(c2cc(-c3ccc(-c4ccc(-c5cn(CCOC)c(-c6cccc(C7(C)NC(c8ccccc8)=CN7CCOC)c6)n5)cc4)cc3)cn2CCOCC)=C1.